The highest BCUT2D eigenvalue weighted by Crippen LogP contribution is 2.30. The predicted octanol–water partition coefficient (Wildman–Crippen LogP) is 2.71. The van der Waals surface area contributed by atoms with Crippen LogP contribution in [0.25, 0.3) is 11.1 Å². The van der Waals surface area contributed by atoms with Crippen LogP contribution in [0.5, 0.6) is 0 Å². The van der Waals surface area contributed by atoms with Gasteiger partial charge in [-0.15, -0.1) is 0 Å². The highest BCUT2D eigenvalue weighted by molar-refractivity contribution is 5.94. The minimum absolute atomic E-state index is 0. The summed E-state index contributed by atoms with van der Waals surface area (Å²) in [5.74, 6) is -2.83. The van der Waals surface area contributed by atoms with Gasteiger partial charge in [0.25, 0.3) is 12.1 Å². The first-order chi connectivity index (χ1) is 23.7. The summed E-state index contributed by atoms with van der Waals surface area (Å²) in [6.45, 7) is 6.99. The van der Waals surface area contributed by atoms with Crippen LogP contribution in [0.4, 0.5) is 17.6 Å². The van der Waals surface area contributed by atoms with Crippen LogP contribution in [0.3, 0.4) is 0 Å². The smallest absolute Gasteiger partial charge is 0.491 e. The van der Waals surface area contributed by atoms with E-state index in [-0.39, 0.29) is 46.7 Å². The Morgan fingerprint density at radius 1 is 0.961 bits per heavy atom. The highest BCUT2D eigenvalue weighted by Gasteiger charge is 2.48. The Morgan fingerprint density at radius 2 is 1.69 bits per heavy atom. The summed E-state index contributed by atoms with van der Waals surface area (Å²) in [6, 6.07) is 19.9. The number of ether oxygens (including phenoxy) is 1. The Hall–Kier alpha value is -3.11. The summed E-state index contributed by atoms with van der Waals surface area (Å²) in [7, 11) is 5.13. The minimum atomic E-state index is -5.08. The fraction of sp³-hybridized carbons (Fsp3) is 0.474. The lowest BCUT2D eigenvalue weighted by Crippen LogP contribution is -3.00. The van der Waals surface area contributed by atoms with Crippen LogP contribution >= 0.6 is 0 Å². The fourth-order valence-corrected chi connectivity index (χ4v) is 6.95. The molecule has 0 bridgehead atoms. The van der Waals surface area contributed by atoms with Gasteiger partial charge in [-0.05, 0) is 78.9 Å². The Balaban J connectivity index is 0.00000583. The lowest BCUT2D eigenvalue weighted by Gasteiger charge is -2.44. The molecule has 3 aromatic carbocycles. The molecule has 0 radical (unpaired) electrons. The van der Waals surface area contributed by atoms with E-state index >= 15 is 4.39 Å². The molecule has 0 aromatic heterocycles. The summed E-state index contributed by atoms with van der Waals surface area (Å²) in [5.41, 5.74) is 4.36. The molecule has 2 unspecified atom stereocenters. The van der Waals surface area contributed by atoms with Gasteiger partial charge in [0.1, 0.15) is 11.9 Å². The number of nitrogens with one attached hydrogen (secondary N) is 2. The van der Waals surface area contributed by atoms with E-state index in [1.807, 2.05) is 29.2 Å². The van der Waals surface area contributed by atoms with Crippen LogP contribution in [0.2, 0.25) is 0 Å². The van der Waals surface area contributed by atoms with Crippen LogP contribution in [0.1, 0.15) is 53.2 Å². The average molecular weight is 826 g/mol. The average Bonchev–Trinajstić information content (AvgIpc) is 3.06. The lowest BCUT2D eigenvalue weighted by molar-refractivity contribution is -0.920. The molecule has 1 amide bonds. The molecule has 3 atom stereocenters. The summed E-state index contributed by atoms with van der Waals surface area (Å²) in [6.07, 6.45) is -3.89. The van der Waals surface area contributed by atoms with Crippen molar-refractivity contribution in [3.05, 3.63) is 94.8 Å². The van der Waals surface area contributed by atoms with Crippen molar-refractivity contribution in [1.82, 2.24) is 20.4 Å². The number of amides is 1. The number of likely N-dealkylation sites (N-methyl/N-ethyl adjacent to an activating group) is 1. The molecule has 0 saturated carbocycles. The van der Waals surface area contributed by atoms with Crippen LogP contribution in [0.15, 0.2) is 66.7 Å². The van der Waals surface area contributed by atoms with E-state index in [0.29, 0.717) is 36.7 Å². The van der Waals surface area contributed by atoms with Crippen molar-refractivity contribution in [2.45, 2.75) is 70.3 Å². The summed E-state index contributed by atoms with van der Waals surface area (Å²) in [4.78, 5) is 29.6. The molecule has 8 nitrogen and oxygen atoms in total. The van der Waals surface area contributed by atoms with E-state index in [2.05, 4.69) is 28.5 Å². The van der Waals surface area contributed by atoms with Gasteiger partial charge in [-0.1, -0.05) is 42.8 Å². The van der Waals surface area contributed by atoms with Gasteiger partial charge < -0.3 is 39.3 Å². The van der Waals surface area contributed by atoms with Crippen molar-refractivity contribution in [2.75, 3.05) is 47.3 Å². The third-order valence-corrected chi connectivity index (χ3v) is 9.37. The standard InChI is InChI=1S/C38H47F4N5O3.HI/c1-26-23-45(18-16-43-26)24-28-9-7-11-30(19-28)32-21-27(14-15-33(32)39)22-44-35(48)31-12-8-10-29(20-31)25-46-17-6-5-13-34(46)36(47(2,3)4)50-37(49)38(40,41)42;/h7-12,14-15,19-21,26,34,36,43H,5-6,13,16-18,22-25H2,1-4H3;1H/t26-,34?,36?;/m0./s1. The number of esters is 1. The van der Waals surface area contributed by atoms with E-state index in [9.17, 15) is 22.8 Å². The quantitative estimate of drug-likeness (QED) is 0.102. The predicted molar refractivity (Wildman–Crippen MR) is 184 cm³/mol. The number of nitrogens with zero attached hydrogens (tertiary/aromatic N) is 3. The van der Waals surface area contributed by atoms with Crippen molar-refractivity contribution in [3.63, 3.8) is 0 Å². The number of quaternary nitrogens is 1. The maximum atomic E-state index is 15.1. The van der Waals surface area contributed by atoms with Crippen LogP contribution < -0.4 is 34.6 Å². The zero-order chi connectivity index (χ0) is 36.1. The number of hydrogen-bond donors (Lipinski definition) is 2. The first-order valence-electron chi connectivity index (χ1n) is 17.2. The second-order valence-electron chi connectivity index (χ2n) is 14.4. The SMILES string of the molecule is C[C@H]1CN(Cc2cccc(-c3cc(CNC(=O)c4cccc(CN5CCCCC5C(OC(=O)C(F)(F)F)[N+](C)(C)C)c4)ccc3F)c2)CCN1.[I-]. The second-order valence-corrected chi connectivity index (χ2v) is 14.4. The molecule has 2 N–H and O–H groups in total. The largest absolute Gasteiger partial charge is 1.00 e. The monoisotopic (exact) mass is 825 g/mol. The number of alkyl halides is 3. The Bertz CT molecular complexity index is 1650. The van der Waals surface area contributed by atoms with Crippen LogP contribution in [0, 0.1) is 5.82 Å². The van der Waals surface area contributed by atoms with Gasteiger partial charge in [-0.3, -0.25) is 19.1 Å². The second kappa shape index (κ2) is 17.6. The normalized spacial score (nSPS) is 19.5. The molecule has 3 aromatic rings. The first-order valence-corrected chi connectivity index (χ1v) is 17.2. The van der Waals surface area contributed by atoms with E-state index < -0.39 is 24.4 Å². The van der Waals surface area contributed by atoms with E-state index in [1.165, 1.54) is 6.07 Å². The number of likely N-dealkylation sites (tertiary alicyclic amines) is 1. The van der Waals surface area contributed by atoms with Gasteiger partial charge in [-0.2, -0.15) is 13.2 Å². The number of hydrogen-bond acceptors (Lipinski definition) is 6. The van der Waals surface area contributed by atoms with Crippen molar-refractivity contribution in [3.8, 4) is 11.1 Å². The molecule has 2 saturated heterocycles. The van der Waals surface area contributed by atoms with Gasteiger partial charge in [0.15, 0.2) is 0 Å². The molecule has 2 fully saturated rings. The third-order valence-electron chi connectivity index (χ3n) is 9.37. The summed E-state index contributed by atoms with van der Waals surface area (Å²) in [5, 5.41) is 6.39. The molecule has 278 valence electrons. The van der Waals surface area contributed by atoms with Gasteiger partial charge in [0.2, 0.25) is 0 Å². The number of benzene rings is 3. The third kappa shape index (κ3) is 11.2. The van der Waals surface area contributed by atoms with E-state index in [1.54, 1.807) is 51.5 Å². The molecule has 2 heterocycles. The molecule has 2 aliphatic rings. The molecular weight excluding hydrogens is 777 g/mol. The van der Waals surface area contributed by atoms with Gasteiger partial charge in [-0.25, -0.2) is 9.18 Å². The number of halogens is 5. The first kappa shape index (κ1) is 40.7. The van der Waals surface area contributed by atoms with Gasteiger partial charge in [0, 0.05) is 56.4 Å². The van der Waals surface area contributed by atoms with E-state index in [4.69, 9.17) is 4.74 Å². The maximum Gasteiger partial charge on any atom is 0.491 e. The Kier molecular flexibility index (Phi) is 14.0. The molecule has 5 rings (SSSR count). The van der Waals surface area contributed by atoms with Crippen molar-refractivity contribution >= 4 is 11.9 Å². The molecular formula is C38H48F4IN5O3. The van der Waals surface area contributed by atoms with Gasteiger partial charge in [0.05, 0.1) is 21.1 Å². The van der Waals surface area contributed by atoms with Gasteiger partial charge >= 0.3 is 12.1 Å². The Morgan fingerprint density at radius 3 is 2.39 bits per heavy atom. The minimum Gasteiger partial charge on any atom is -1.00 e. The zero-order valence-electron chi connectivity index (χ0n) is 29.6. The van der Waals surface area contributed by atoms with Crippen molar-refractivity contribution in [2.24, 2.45) is 0 Å². The summed E-state index contributed by atoms with van der Waals surface area (Å²) < 4.78 is 59.6. The number of carbonyl (C=O) groups excluding carboxylic acids is 2. The highest BCUT2D eigenvalue weighted by atomic mass is 127. The molecule has 0 spiro atoms. The fourth-order valence-electron chi connectivity index (χ4n) is 6.95. The number of rotatable bonds is 11. The zero-order valence-corrected chi connectivity index (χ0v) is 31.8. The number of carbonyl (C=O) groups is 2. The molecule has 2 aliphatic heterocycles. The van der Waals surface area contributed by atoms with Crippen LogP contribution in [-0.4, -0.2) is 98.0 Å². The Labute approximate surface area is 315 Å². The molecule has 0 aliphatic carbocycles. The lowest BCUT2D eigenvalue weighted by atomic mass is 9.98. The molecule has 13 heteroatoms. The topological polar surface area (TPSA) is 73.9 Å². The van der Waals surface area contributed by atoms with E-state index in [0.717, 1.165) is 61.3 Å². The van der Waals surface area contributed by atoms with Crippen molar-refractivity contribution in [1.29, 1.82) is 0 Å². The summed E-state index contributed by atoms with van der Waals surface area (Å²) >= 11 is 0. The molecule has 51 heavy (non-hydrogen) atoms. The number of piperidine rings is 1. The number of piperazine rings is 1. The van der Waals surface area contributed by atoms with Crippen molar-refractivity contribution < 1.29 is 60.3 Å². The van der Waals surface area contributed by atoms with Crippen LogP contribution in [-0.2, 0) is 29.2 Å². The maximum absolute atomic E-state index is 15.1.